The second kappa shape index (κ2) is 4.93. The number of aliphatic hydroxyl groups excluding tert-OH is 1. The lowest BCUT2D eigenvalue weighted by Gasteiger charge is -2.14. The van der Waals surface area contributed by atoms with E-state index in [4.69, 9.17) is 4.42 Å². The molecule has 9 heteroatoms. The number of aromatic amines is 1. The summed E-state index contributed by atoms with van der Waals surface area (Å²) in [6.45, 7) is 0.910. The maximum absolute atomic E-state index is 13.3. The molecule has 1 fully saturated rings. The average Bonchev–Trinajstić information content (AvgIpc) is 3.11. The molecule has 1 aliphatic rings. The number of aryl methyl sites for hydroxylation is 1. The zero-order valence-electron chi connectivity index (χ0n) is 11.2. The number of halogens is 1. The first kappa shape index (κ1) is 14.2. The minimum absolute atomic E-state index is 0.0339. The van der Waals surface area contributed by atoms with Gasteiger partial charge in [0, 0.05) is 25.4 Å². The highest BCUT2D eigenvalue weighted by Gasteiger charge is 2.40. The molecule has 0 unspecified atom stereocenters. The lowest BCUT2D eigenvalue weighted by molar-refractivity contribution is 0.117. The van der Waals surface area contributed by atoms with Crippen LogP contribution >= 0.6 is 0 Å². The second-order valence-corrected chi connectivity index (χ2v) is 6.81. The smallest absolute Gasteiger partial charge is 0.246 e. The molecule has 21 heavy (non-hydrogen) atoms. The Morgan fingerprint density at radius 1 is 1.52 bits per heavy atom. The SMILES string of the molecule is Cc1oc(-c2ccn[nH]2)cc1S(=O)(=O)N1C[C@@H](O)[C@H](F)C1. The Hall–Kier alpha value is -1.71. The van der Waals surface area contributed by atoms with Crippen molar-refractivity contribution >= 4 is 10.0 Å². The van der Waals surface area contributed by atoms with Crippen molar-refractivity contribution in [1.29, 1.82) is 0 Å². The van der Waals surface area contributed by atoms with Gasteiger partial charge < -0.3 is 9.52 Å². The van der Waals surface area contributed by atoms with Crippen LogP contribution in [0, 0.1) is 6.92 Å². The molecule has 0 aliphatic carbocycles. The summed E-state index contributed by atoms with van der Waals surface area (Å²) in [4.78, 5) is -0.0339. The van der Waals surface area contributed by atoms with Crippen LogP contribution in [-0.2, 0) is 10.0 Å². The summed E-state index contributed by atoms with van der Waals surface area (Å²) in [7, 11) is -3.90. The number of nitrogens with zero attached hydrogens (tertiary/aromatic N) is 2. The summed E-state index contributed by atoms with van der Waals surface area (Å²) in [5, 5.41) is 15.8. The Labute approximate surface area is 120 Å². The van der Waals surface area contributed by atoms with Gasteiger partial charge in [-0.05, 0) is 13.0 Å². The Morgan fingerprint density at radius 3 is 2.86 bits per heavy atom. The summed E-state index contributed by atoms with van der Waals surface area (Å²) >= 11 is 0. The Bertz CT molecular complexity index is 731. The average molecular weight is 315 g/mol. The largest absolute Gasteiger partial charge is 0.458 e. The van der Waals surface area contributed by atoms with Gasteiger partial charge in [-0.15, -0.1) is 0 Å². The van der Waals surface area contributed by atoms with E-state index in [2.05, 4.69) is 10.2 Å². The monoisotopic (exact) mass is 315 g/mol. The molecular weight excluding hydrogens is 301 g/mol. The predicted octanol–water partition coefficient (Wildman–Crippen LogP) is 0.681. The number of alkyl halides is 1. The third-order valence-corrected chi connectivity index (χ3v) is 5.38. The van der Waals surface area contributed by atoms with Crippen LogP contribution in [-0.4, -0.2) is 53.4 Å². The lowest BCUT2D eigenvalue weighted by Crippen LogP contribution is -2.30. The number of sulfonamides is 1. The van der Waals surface area contributed by atoms with Crippen LogP contribution in [0.5, 0.6) is 0 Å². The van der Waals surface area contributed by atoms with E-state index in [1.165, 1.54) is 19.2 Å². The second-order valence-electron chi connectivity index (χ2n) is 4.91. The van der Waals surface area contributed by atoms with E-state index in [-0.39, 0.29) is 23.7 Å². The fraction of sp³-hybridized carbons (Fsp3) is 0.417. The maximum atomic E-state index is 13.3. The van der Waals surface area contributed by atoms with Crippen molar-refractivity contribution in [3.05, 3.63) is 24.1 Å². The third-order valence-electron chi connectivity index (χ3n) is 3.44. The van der Waals surface area contributed by atoms with Gasteiger partial charge in [0.05, 0.1) is 0 Å². The highest BCUT2D eigenvalue weighted by atomic mass is 32.2. The van der Waals surface area contributed by atoms with E-state index >= 15 is 0 Å². The molecule has 7 nitrogen and oxygen atoms in total. The van der Waals surface area contributed by atoms with Crippen LogP contribution in [0.15, 0.2) is 27.6 Å². The first-order chi connectivity index (χ1) is 9.89. The van der Waals surface area contributed by atoms with Crippen molar-refractivity contribution in [3.63, 3.8) is 0 Å². The number of aliphatic hydroxyl groups is 1. The van der Waals surface area contributed by atoms with Crippen molar-refractivity contribution in [2.45, 2.75) is 24.1 Å². The van der Waals surface area contributed by atoms with Gasteiger partial charge in [-0.25, -0.2) is 12.8 Å². The number of rotatable bonds is 3. The van der Waals surface area contributed by atoms with Gasteiger partial charge in [0.15, 0.2) is 5.76 Å². The van der Waals surface area contributed by atoms with E-state index in [1.807, 2.05) is 0 Å². The van der Waals surface area contributed by atoms with Gasteiger partial charge in [-0.1, -0.05) is 0 Å². The van der Waals surface area contributed by atoms with Gasteiger partial charge in [-0.3, -0.25) is 5.10 Å². The van der Waals surface area contributed by atoms with Crippen molar-refractivity contribution in [1.82, 2.24) is 14.5 Å². The topological polar surface area (TPSA) is 99.4 Å². The molecule has 3 heterocycles. The van der Waals surface area contributed by atoms with Crippen LogP contribution in [0.4, 0.5) is 4.39 Å². The molecule has 0 aromatic carbocycles. The summed E-state index contributed by atoms with van der Waals surface area (Å²) in [6.07, 6.45) is -1.34. The molecule has 2 aromatic heterocycles. The van der Waals surface area contributed by atoms with Crippen molar-refractivity contribution in [2.24, 2.45) is 0 Å². The first-order valence-corrected chi connectivity index (χ1v) is 7.76. The van der Waals surface area contributed by atoms with Gasteiger partial charge in [-0.2, -0.15) is 9.40 Å². The standard InChI is InChI=1S/C12H14FN3O4S/c1-7-12(4-11(20-7)9-2-3-14-15-9)21(18,19)16-5-8(13)10(17)6-16/h2-4,8,10,17H,5-6H2,1H3,(H,14,15)/t8-,10-/m1/s1. The Balaban J connectivity index is 1.97. The van der Waals surface area contributed by atoms with Gasteiger partial charge >= 0.3 is 0 Å². The molecule has 0 amide bonds. The maximum Gasteiger partial charge on any atom is 0.246 e. The molecule has 2 N–H and O–H groups in total. The molecule has 3 rings (SSSR count). The molecule has 114 valence electrons. The summed E-state index contributed by atoms with van der Waals surface area (Å²) in [6, 6.07) is 3.02. The van der Waals surface area contributed by atoms with Gasteiger partial charge in [0.1, 0.15) is 28.6 Å². The van der Waals surface area contributed by atoms with E-state index in [0.717, 1.165) is 4.31 Å². The van der Waals surface area contributed by atoms with Crippen LogP contribution in [0.2, 0.25) is 0 Å². The van der Waals surface area contributed by atoms with Crippen molar-refractivity contribution < 1.29 is 22.3 Å². The van der Waals surface area contributed by atoms with Crippen LogP contribution < -0.4 is 0 Å². The first-order valence-electron chi connectivity index (χ1n) is 6.32. The molecule has 0 spiro atoms. The summed E-state index contributed by atoms with van der Waals surface area (Å²) < 4.78 is 44.7. The molecule has 1 saturated heterocycles. The quantitative estimate of drug-likeness (QED) is 0.868. The van der Waals surface area contributed by atoms with Crippen LogP contribution in [0.25, 0.3) is 11.5 Å². The number of β-amino-alcohol motifs (C(OH)–C–C–N with tert-alkyl or cyclic N) is 1. The predicted molar refractivity (Wildman–Crippen MR) is 70.7 cm³/mol. The van der Waals surface area contributed by atoms with E-state index < -0.39 is 22.3 Å². The number of hydrogen-bond donors (Lipinski definition) is 2. The number of furan rings is 1. The number of nitrogens with one attached hydrogen (secondary N) is 1. The molecule has 0 radical (unpaired) electrons. The van der Waals surface area contributed by atoms with Gasteiger partial charge in [0.2, 0.25) is 10.0 Å². The fourth-order valence-electron chi connectivity index (χ4n) is 2.30. The Kier molecular flexibility index (Phi) is 3.34. The number of aromatic nitrogens is 2. The molecule has 0 saturated carbocycles. The van der Waals surface area contributed by atoms with Crippen LogP contribution in [0.1, 0.15) is 5.76 Å². The summed E-state index contributed by atoms with van der Waals surface area (Å²) in [5.41, 5.74) is 0.546. The highest BCUT2D eigenvalue weighted by Crippen LogP contribution is 2.30. The van der Waals surface area contributed by atoms with E-state index in [1.54, 1.807) is 6.07 Å². The molecule has 1 aliphatic heterocycles. The Morgan fingerprint density at radius 2 is 2.29 bits per heavy atom. The van der Waals surface area contributed by atoms with E-state index in [9.17, 15) is 17.9 Å². The van der Waals surface area contributed by atoms with Crippen molar-refractivity contribution in [3.8, 4) is 11.5 Å². The van der Waals surface area contributed by atoms with E-state index in [0.29, 0.717) is 11.5 Å². The number of H-pyrrole nitrogens is 1. The van der Waals surface area contributed by atoms with Crippen molar-refractivity contribution in [2.75, 3.05) is 13.1 Å². The highest BCUT2D eigenvalue weighted by molar-refractivity contribution is 7.89. The molecule has 2 atom stereocenters. The fourth-order valence-corrected chi connectivity index (χ4v) is 3.92. The number of hydrogen-bond acceptors (Lipinski definition) is 5. The zero-order chi connectivity index (χ0) is 15.2. The minimum Gasteiger partial charge on any atom is -0.458 e. The minimum atomic E-state index is -3.90. The normalized spacial score (nSPS) is 23.8. The summed E-state index contributed by atoms with van der Waals surface area (Å²) in [5.74, 6) is 0.538. The molecule has 2 aromatic rings. The lowest BCUT2D eigenvalue weighted by atomic mass is 10.3. The molecular formula is C12H14FN3O4S. The van der Waals surface area contributed by atoms with Gasteiger partial charge in [0.25, 0.3) is 0 Å². The third kappa shape index (κ3) is 2.37. The molecule has 0 bridgehead atoms. The van der Waals surface area contributed by atoms with Crippen LogP contribution in [0.3, 0.4) is 0 Å². The zero-order valence-corrected chi connectivity index (χ0v) is 12.0.